The van der Waals surface area contributed by atoms with Crippen LogP contribution in [0, 0.1) is 13.8 Å². The van der Waals surface area contributed by atoms with Crippen molar-refractivity contribution in [3.05, 3.63) is 34.9 Å². The fourth-order valence-electron chi connectivity index (χ4n) is 1.94. The SMILES string of the molecule is CCC(N)(COC)Cc1cc(C)ccc1C. The van der Waals surface area contributed by atoms with Gasteiger partial charge in [-0.15, -0.1) is 0 Å². The number of rotatable bonds is 5. The van der Waals surface area contributed by atoms with Gasteiger partial charge in [0, 0.05) is 12.6 Å². The van der Waals surface area contributed by atoms with Crippen LogP contribution in [-0.4, -0.2) is 19.3 Å². The van der Waals surface area contributed by atoms with Gasteiger partial charge in [-0.1, -0.05) is 30.7 Å². The molecule has 2 heteroatoms. The molecule has 0 saturated heterocycles. The Morgan fingerprint density at radius 2 is 2.00 bits per heavy atom. The van der Waals surface area contributed by atoms with E-state index in [2.05, 4.69) is 39.0 Å². The number of ether oxygens (including phenoxy) is 1. The summed E-state index contributed by atoms with van der Waals surface area (Å²) in [6.45, 7) is 6.97. The fourth-order valence-corrected chi connectivity index (χ4v) is 1.94. The van der Waals surface area contributed by atoms with Gasteiger partial charge in [0.2, 0.25) is 0 Å². The Morgan fingerprint density at radius 3 is 2.56 bits per heavy atom. The van der Waals surface area contributed by atoms with E-state index in [1.165, 1.54) is 16.7 Å². The Balaban J connectivity index is 2.89. The lowest BCUT2D eigenvalue weighted by Gasteiger charge is -2.28. The van der Waals surface area contributed by atoms with Crippen LogP contribution in [0.1, 0.15) is 30.0 Å². The van der Waals surface area contributed by atoms with E-state index in [9.17, 15) is 0 Å². The van der Waals surface area contributed by atoms with Crippen molar-refractivity contribution in [2.75, 3.05) is 13.7 Å². The molecule has 0 fully saturated rings. The largest absolute Gasteiger partial charge is 0.383 e. The van der Waals surface area contributed by atoms with Crippen molar-refractivity contribution in [2.24, 2.45) is 5.73 Å². The second kappa shape index (κ2) is 5.46. The minimum Gasteiger partial charge on any atom is -0.383 e. The van der Waals surface area contributed by atoms with Gasteiger partial charge in [0.05, 0.1) is 6.61 Å². The third kappa shape index (κ3) is 3.32. The van der Waals surface area contributed by atoms with Crippen molar-refractivity contribution < 1.29 is 4.74 Å². The number of hydrogen-bond acceptors (Lipinski definition) is 2. The van der Waals surface area contributed by atoms with Crippen LogP contribution >= 0.6 is 0 Å². The molecule has 2 N–H and O–H groups in total. The molecule has 1 aromatic rings. The number of hydrogen-bond donors (Lipinski definition) is 1. The van der Waals surface area contributed by atoms with Gasteiger partial charge in [0.15, 0.2) is 0 Å². The van der Waals surface area contributed by atoms with Crippen LogP contribution < -0.4 is 5.73 Å². The van der Waals surface area contributed by atoms with Crippen molar-refractivity contribution in [1.29, 1.82) is 0 Å². The Kier molecular flexibility index (Phi) is 4.51. The third-order valence-electron chi connectivity index (χ3n) is 3.18. The summed E-state index contributed by atoms with van der Waals surface area (Å²) in [6.07, 6.45) is 1.80. The normalized spacial score (nSPS) is 14.8. The first kappa shape index (κ1) is 13.2. The van der Waals surface area contributed by atoms with Crippen LogP contribution in [0.25, 0.3) is 0 Å². The van der Waals surface area contributed by atoms with Gasteiger partial charge in [0.1, 0.15) is 0 Å². The van der Waals surface area contributed by atoms with Gasteiger partial charge in [-0.3, -0.25) is 0 Å². The summed E-state index contributed by atoms with van der Waals surface area (Å²) in [5.74, 6) is 0. The van der Waals surface area contributed by atoms with Crippen LogP contribution in [-0.2, 0) is 11.2 Å². The summed E-state index contributed by atoms with van der Waals surface area (Å²) in [7, 11) is 1.71. The summed E-state index contributed by atoms with van der Waals surface area (Å²) in [6, 6.07) is 6.52. The molecule has 0 radical (unpaired) electrons. The lowest BCUT2D eigenvalue weighted by molar-refractivity contribution is 0.129. The molecule has 0 bridgehead atoms. The molecule has 0 amide bonds. The zero-order valence-electron chi connectivity index (χ0n) is 10.8. The number of benzene rings is 1. The zero-order valence-corrected chi connectivity index (χ0v) is 10.8. The summed E-state index contributed by atoms with van der Waals surface area (Å²) in [5.41, 5.74) is 10.0. The molecule has 0 saturated carbocycles. The lowest BCUT2D eigenvalue weighted by Crippen LogP contribution is -2.46. The van der Waals surface area contributed by atoms with E-state index < -0.39 is 0 Å². The minimum atomic E-state index is -0.243. The predicted octanol–water partition coefficient (Wildman–Crippen LogP) is 2.60. The van der Waals surface area contributed by atoms with Crippen molar-refractivity contribution in [1.82, 2.24) is 0 Å². The maximum atomic E-state index is 6.33. The van der Waals surface area contributed by atoms with Crippen LogP contribution in [0.2, 0.25) is 0 Å². The first-order chi connectivity index (χ1) is 7.50. The highest BCUT2D eigenvalue weighted by Gasteiger charge is 2.23. The molecule has 90 valence electrons. The molecule has 16 heavy (non-hydrogen) atoms. The first-order valence-electron chi connectivity index (χ1n) is 5.84. The first-order valence-corrected chi connectivity index (χ1v) is 5.84. The molecule has 0 aromatic heterocycles. The van der Waals surface area contributed by atoms with Gasteiger partial charge < -0.3 is 10.5 Å². The van der Waals surface area contributed by atoms with Crippen molar-refractivity contribution in [3.63, 3.8) is 0 Å². The Bertz CT molecular complexity index is 349. The van der Waals surface area contributed by atoms with E-state index in [0.29, 0.717) is 6.61 Å². The molecule has 2 nitrogen and oxygen atoms in total. The van der Waals surface area contributed by atoms with E-state index >= 15 is 0 Å². The molecule has 0 aliphatic rings. The van der Waals surface area contributed by atoms with Gasteiger partial charge in [-0.25, -0.2) is 0 Å². The monoisotopic (exact) mass is 221 g/mol. The van der Waals surface area contributed by atoms with Gasteiger partial charge in [-0.2, -0.15) is 0 Å². The summed E-state index contributed by atoms with van der Waals surface area (Å²) in [5, 5.41) is 0. The summed E-state index contributed by atoms with van der Waals surface area (Å²) >= 11 is 0. The van der Waals surface area contributed by atoms with Crippen molar-refractivity contribution >= 4 is 0 Å². The highest BCUT2D eigenvalue weighted by Crippen LogP contribution is 2.19. The van der Waals surface area contributed by atoms with Crippen LogP contribution in [0.3, 0.4) is 0 Å². The second-order valence-corrected chi connectivity index (χ2v) is 4.76. The van der Waals surface area contributed by atoms with E-state index in [0.717, 1.165) is 12.8 Å². The molecular weight excluding hydrogens is 198 g/mol. The molecule has 1 atom stereocenters. The lowest BCUT2D eigenvalue weighted by atomic mass is 9.87. The molecular formula is C14H23NO. The van der Waals surface area contributed by atoms with Crippen LogP contribution in [0.5, 0.6) is 0 Å². The van der Waals surface area contributed by atoms with Crippen molar-refractivity contribution in [2.45, 2.75) is 39.2 Å². The fraction of sp³-hybridized carbons (Fsp3) is 0.571. The van der Waals surface area contributed by atoms with Crippen LogP contribution in [0.4, 0.5) is 0 Å². The van der Waals surface area contributed by atoms with E-state index in [1.54, 1.807) is 7.11 Å². The average molecular weight is 221 g/mol. The van der Waals surface area contributed by atoms with Gasteiger partial charge in [0.25, 0.3) is 0 Å². The van der Waals surface area contributed by atoms with E-state index in [4.69, 9.17) is 10.5 Å². The molecule has 0 aliphatic heterocycles. The third-order valence-corrected chi connectivity index (χ3v) is 3.18. The van der Waals surface area contributed by atoms with Gasteiger partial charge >= 0.3 is 0 Å². The molecule has 0 spiro atoms. The molecule has 1 rings (SSSR count). The standard InChI is InChI=1S/C14H23NO/c1-5-14(15,10-16-4)9-13-8-11(2)6-7-12(13)3/h6-8H,5,9-10,15H2,1-4H3. The smallest absolute Gasteiger partial charge is 0.0645 e. The number of methoxy groups -OCH3 is 1. The molecule has 1 unspecified atom stereocenters. The van der Waals surface area contributed by atoms with E-state index in [1.807, 2.05) is 0 Å². The topological polar surface area (TPSA) is 35.2 Å². The molecule has 1 aromatic carbocycles. The summed E-state index contributed by atoms with van der Waals surface area (Å²) < 4.78 is 5.22. The Hall–Kier alpha value is -0.860. The van der Waals surface area contributed by atoms with Crippen LogP contribution in [0.15, 0.2) is 18.2 Å². The maximum Gasteiger partial charge on any atom is 0.0645 e. The highest BCUT2D eigenvalue weighted by molar-refractivity contribution is 5.31. The predicted molar refractivity (Wildman–Crippen MR) is 68.7 cm³/mol. The van der Waals surface area contributed by atoms with Crippen molar-refractivity contribution in [3.8, 4) is 0 Å². The zero-order chi connectivity index (χ0) is 12.2. The number of nitrogens with two attached hydrogens (primary N) is 1. The molecule has 0 aliphatic carbocycles. The Labute approximate surface area is 98.8 Å². The average Bonchev–Trinajstić information content (AvgIpc) is 2.24. The Morgan fingerprint density at radius 1 is 1.31 bits per heavy atom. The highest BCUT2D eigenvalue weighted by atomic mass is 16.5. The van der Waals surface area contributed by atoms with Gasteiger partial charge in [-0.05, 0) is 37.8 Å². The molecule has 0 heterocycles. The second-order valence-electron chi connectivity index (χ2n) is 4.76. The maximum absolute atomic E-state index is 6.33. The van der Waals surface area contributed by atoms with E-state index in [-0.39, 0.29) is 5.54 Å². The minimum absolute atomic E-state index is 0.243. The number of aryl methyl sites for hydroxylation is 2. The quantitative estimate of drug-likeness (QED) is 0.829. The summed E-state index contributed by atoms with van der Waals surface area (Å²) in [4.78, 5) is 0.